The van der Waals surface area contributed by atoms with E-state index in [0.717, 1.165) is 47.7 Å². The lowest BCUT2D eigenvalue weighted by atomic mass is 9.91. The summed E-state index contributed by atoms with van der Waals surface area (Å²) in [6.45, 7) is 4.27. The lowest BCUT2D eigenvalue weighted by molar-refractivity contribution is -0.152. The number of rotatable bonds is 5. The van der Waals surface area contributed by atoms with Gasteiger partial charge in [0.05, 0.1) is 35.6 Å². The number of fused-ring (bicyclic) bond motifs is 3. The summed E-state index contributed by atoms with van der Waals surface area (Å²) in [6.07, 6.45) is 9.44. The number of carbonyl (C=O) groups is 3. The molecule has 5 atom stereocenters. The molecule has 3 aliphatic rings. The van der Waals surface area contributed by atoms with Crippen molar-refractivity contribution < 1.29 is 23.9 Å². The summed E-state index contributed by atoms with van der Waals surface area (Å²) in [5, 5.41) is 0. The van der Waals surface area contributed by atoms with Gasteiger partial charge in [-0.3, -0.25) is 14.4 Å². The smallest absolute Gasteiger partial charge is 0.313 e. The second-order valence-electron chi connectivity index (χ2n) is 12.7. The number of aromatic nitrogens is 2. The fourth-order valence-corrected chi connectivity index (χ4v) is 7.23. The molecule has 1 aliphatic carbocycles. The van der Waals surface area contributed by atoms with Crippen LogP contribution in [0.2, 0.25) is 0 Å². The maximum atomic E-state index is 14.1. The molecule has 45 heavy (non-hydrogen) atoms. The van der Waals surface area contributed by atoms with Crippen LogP contribution < -0.4 is 4.74 Å². The van der Waals surface area contributed by atoms with Gasteiger partial charge in [-0.05, 0) is 62.8 Å². The van der Waals surface area contributed by atoms with Crippen molar-refractivity contribution in [1.29, 1.82) is 0 Å². The maximum absolute atomic E-state index is 14.1. The molecular weight excluding hydrogens is 634 g/mol. The molecule has 0 N–H and O–H groups in total. The van der Waals surface area contributed by atoms with Crippen LogP contribution in [0.1, 0.15) is 65.2 Å². The van der Waals surface area contributed by atoms with Gasteiger partial charge in [0.1, 0.15) is 11.8 Å². The molecule has 236 valence electrons. The lowest BCUT2D eigenvalue weighted by Gasteiger charge is -2.27. The van der Waals surface area contributed by atoms with Crippen LogP contribution in [0, 0.1) is 17.3 Å². The summed E-state index contributed by atoms with van der Waals surface area (Å²) in [7, 11) is 0. The molecule has 1 amide bonds. The van der Waals surface area contributed by atoms with Crippen LogP contribution >= 0.6 is 15.9 Å². The molecule has 8 nitrogen and oxygen atoms in total. The van der Waals surface area contributed by atoms with Gasteiger partial charge in [0.2, 0.25) is 11.8 Å². The standard InChI is InChI=1S/C36H40BrN3O5/c1-3-44-35(43)36-20-25(36)14-8-6-4-5-7-12-23(2)34(42)40-22-27(19-30(40)31(41)21-36)45-33-32(24-13-11-15-26(37)18-24)38-28-16-9-10-17-29(28)39-33/h8-11,13-18,23,25,27,30H,3-7,12,19-22H2,1-2H3/b14-8-/t23-,25-,27+,30-,36+/m0/s1. The van der Waals surface area contributed by atoms with Crippen molar-refractivity contribution in [3.63, 3.8) is 0 Å². The van der Waals surface area contributed by atoms with E-state index in [1.807, 2.05) is 55.5 Å². The zero-order valence-corrected chi connectivity index (χ0v) is 27.5. The minimum Gasteiger partial charge on any atom is -0.471 e. The summed E-state index contributed by atoms with van der Waals surface area (Å²) in [4.78, 5) is 52.7. The molecule has 0 unspecified atom stereocenters. The van der Waals surface area contributed by atoms with Crippen LogP contribution in [0.4, 0.5) is 0 Å². The molecule has 2 aromatic carbocycles. The largest absolute Gasteiger partial charge is 0.471 e. The van der Waals surface area contributed by atoms with E-state index in [4.69, 9.17) is 19.4 Å². The van der Waals surface area contributed by atoms with Crippen molar-refractivity contribution in [1.82, 2.24) is 14.9 Å². The van der Waals surface area contributed by atoms with Crippen molar-refractivity contribution in [2.75, 3.05) is 13.2 Å². The van der Waals surface area contributed by atoms with E-state index in [1.165, 1.54) is 0 Å². The number of ketones is 1. The molecule has 0 bridgehead atoms. The van der Waals surface area contributed by atoms with Crippen molar-refractivity contribution in [2.24, 2.45) is 17.3 Å². The monoisotopic (exact) mass is 673 g/mol. The van der Waals surface area contributed by atoms with E-state index in [1.54, 1.807) is 11.8 Å². The van der Waals surface area contributed by atoms with Crippen LogP contribution in [-0.2, 0) is 19.1 Å². The van der Waals surface area contributed by atoms with E-state index in [-0.39, 0.29) is 49.1 Å². The van der Waals surface area contributed by atoms with E-state index in [0.29, 0.717) is 29.9 Å². The van der Waals surface area contributed by atoms with Crippen molar-refractivity contribution in [2.45, 2.75) is 77.4 Å². The Kier molecular flexibility index (Phi) is 9.36. The Morgan fingerprint density at radius 3 is 2.64 bits per heavy atom. The van der Waals surface area contributed by atoms with Crippen LogP contribution in [0.5, 0.6) is 5.88 Å². The highest BCUT2D eigenvalue weighted by molar-refractivity contribution is 9.10. The Hall–Kier alpha value is -3.59. The normalized spacial score (nSPS) is 28.0. The van der Waals surface area contributed by atoms with Crippen molar-refractivity contribution in [3.05, 3.63) is 65.2 Å². The zero-order valence-electron chi connectivity index (χ0n) is 25.9. The second kappa shape index (κ2) is 13.4. The SMILES string of the molecule is CCOC(=O)[C@]12CC(=O)[C@@H]3C[C@@H](Oc4nc5ccccc5nc4-c4cccc(Br)c4)CN3C(=O)[C@@H](C)CCCCC/C=C\[C@H]1C2. The van der Waals surface area contributed by atoms with Crippen molar-refractivity contribution in [3.8, 4) is 17.1 Å². The van der Waals surface area contributed by atoms with Crippen LogP contribution in [0.25, 0.3) is 22.3 Å². The molecule has 6 rings (SSSR count). The number of esters is 1. The quantitative estimate of drug-likeness (QED) is 0.211. The van der Waals surface area contributed by atoms with Gasteiger partial charge in [0, 0.05) is 28.8 Å². The van der Waals surface area contributed by atoms with E-state index < -0.39 is 17.6 Å². The highest BCUT2D eigenvalue weighted by Crippen LogP contribution is 2.57. The molecule has 9 heteroatoms. The van der Waals surface area contributed by atoms with Crippen molar-refractivity contribution >= 4 is 44.6 Å². The van der Waals surface area contributed by atoms with E-state index >= 15 is 0 Å². The van der Waals surface area contributed by atoms with Crippen LogP contribution in [0.3, 0.4) is 0 Å². The maximum Gasteiger partial charge on any atom is 0.313 e. The third kappa shape index (κ3) is 6.69. The van der Waals surface area contributed by atoms with E-state index in [9.17, 15) is 14.4 Å². The number of allylic oxidation sites excluding steroid dienone is 2. The molecular formula is C36H40BrN3O5. The number of hydrogen-bond acceptors (Lipinski definition) is 7. The average Bonchev–Trinajstić information content (AvgIpc) is 3.56. The number of ether oxygens (including phenoxy) is 2. The summed E-state index contributed by atoms with van der Waals surface area (Å²) in [6, 6.07) is 14.8. The van der Waals surface area contributed by atoms with Crippen LogP contribution in [-0.4, -0.2) is 57.8 Å². The first-order valence-electron chi connectivity index (χ1n) is 16.2. The number of carbonyl (C=O) groups excluding carboxylic acids is 3. The van der Waals surface area contributed by atoms with Gasteiger partial charge >= 0.3 is 5.97 Å². The number of benzene rings is 2. The van der Waals surface area contributed by atoms with Gasteiger partial charge in [0.15, 0.2) is 5.78 Å². The number of Topliss-reactive ketones (excluding diaryl/α,β-unsaturated/α-hetero) is 1. The number of para-hydroxylation sites is 2. The highest BCUT2D eigenvalue weighted by Gasteiger charge is 2.61. The Morgan fingerprint density at radius 1 is 1.07 bits per heavy atom. The highest BCUT2D eigenvalue weighted by atomic mass is 79.9. The molecule has 0 radical (unpaired) electrons. The fourth-order valence-electron chi connectivity index (χ4n) is 6.84. The van der Waals surface area contributed by atoms with Gasteiger partial charge in [-0.2, -0.15) is 0 Å². The third-order valence-corrected chi connectivity index (χ3v) is 9.93. The minimum atomic E-state index is -0.860. The average molecular weight is 675 g/mol. The number of hydrogen-bond donors (Lipinski definition) is 0. The molecule has 3 aromatic rings. The molecule has 1 saturated carbocycles. The summed E-state index contributed by atoms with van der Waals surface area (Å²) in [5.74, 6) is -0.353. The van der Waals surface area contributed by atoms with Gasteiger partial charge in [-0.15, -0.1) is 0 Å². The number of halogens is 1. The number of amides is 1. The Labute approximate surface area is 272 Å². The van der Waals surface area contributed by atoms with Gasteiger partial charge < -0.3 is 14.4 Å². The third-order valence-electron chi connectivity index (χ3n) is 9.44. The first kappa shape index (κ1) is 31.4. The van der Waals surface area contributed by atoms with Gasteiger partial charge in [-0.25, -0.2) is 9.97 Å². The molecule has 2 aliphatic heterocycles. The predicted molar refractivity (Wildman–Crippen MR) is 175 cm³/mol. The predicted octanol–water partition coefficient (Wildman–Crippen LogP) is 7.09. The Morgan fingerprint density at radius 2 is 1.87 bits per heavy atom. The van der Waals surface area contributed by atoms with Gasteiger partial charge in [0.25, 0.3) is 0 Å². The number of nitrogens with zero attached hydrogens (tertiary/aromatic N) is 3. The van der Waals surface area contributed by atoms with Gasteiger partial charge in [-0.1, -0.05) is 72.1 Å². The van der Waals surface area contributed by atoms with Crippen LogP contribution in [0.15, 0.2) is 65.2 Å². The second-order valence-corrected chi connectivity index (χ2v) is 13.6. The Balaban J connectivity index is 1.32. The fraction of sp³-hybridized carbons (Fsp3) is 0.472. The Bertz CT molecular complexity index is 1630. The first-order chi connectivity index (χ1) is 21.8. The summed E-state index contributed by atoms with van der Waals surface area (Å²) in [5.41, 5.74) is 2.02. The molecule has 2 fully saturated rings. The van der Waals surface area contributed by atoms with E-state index in [2.05, 4.69) is 28.1 Å². The lowest BCUT2D eigenvalue weighted by Crippen LogP contribution is -2.44. The summed E-state index contributed by atoms with van der Waals surface area (Å²) < 4.78 is 13.0. The minimum absolute atomic E-state index is 0.0252. The molecule has 0 spiro atoms. The molecule has 1 saturated heterocycles. The molecule has 1 aromatic heterocycles. The zero-order chi connectivity index (χ0) is 31.6. The first-order valence-corrected chi connectivity index (χ1v) is 16.9. The topological polar surface area (TPSA) is 98.7 Å². The molecule has 3 heterocycles. The summed E-state index contributed by atoms with van der Waals surface area (Å²) >= 11 is 3.56.